The molecule has 4 nitrogen and oxygen atoms in total. The second-order valence-corrected chi connectivity index (χ2v) is 4.46. The van der Waals surface area contributed by atoms with E-state index in [1.165, 1.54) is 0 Å². The highest BCUT2D eigenvalue weighted by Crippen LogP contribution is 2.27. The molecule has 16 heavy (non-hydrogen) atoms. The van der Waals surface area contributed by atoms with Crippen molar-refractivity contribution in [3.8, 4) is 0 Å². The van der Waals surface area contributed by atoms with Crippen LogP contribution in [0.15, 0.2) is 17.8 Å². The van der Waals surface area contributed by atoms with Crippen molar-refractivity contribution in [3.05, 3.63) is 17.8 Å². The van der Waals surface area contributed by atoms with Crippen molar-refractivity contribution in [1.82, 2.24) is 9.97 Å². The van der Waals surface area contributed by atoms with E-state index in [0.29, 0.717) is 6.54 Å². The number of anilines is 1. The van der Waals surface area contributed by atoms with Crippen LogP contribution in [0, 0.1) is 0 Å². The highest BCUT2D eigenvalue weighted by molar-refractivity contribution is 7.17. The molecule has 2 heterocycles. The Hall–Kier alpha value is -1.20. The van der Waals surface area contributed by atoms with Crippen molar-refractivity contribution in [1.29, 1.82) is 0 Å². The SMILES string of the molecule is CCCN(CCO)c1ncnc2ccsc12. The second-order valence-electron chi connectivity index (χ2n) is 3.54. The van der Waals surface area contributed by atoms with Crippen LogP contribution in [-0.4, -0.2) is 34.8 Å². The van der Waals surface area contributed by atoms with Gasteiger partial charge in [-0.1, -0.05) is 6.92 Å². The number of aromatic nitrogens is 2. The molecule has 0 bridgehead atoms. The van der Waals surface area contributed by atoms with E-state index in [4.69, 9.17) is 5.11 Å². The summed E-state index contributed by atoms with van der Waals surface area (Å²) < 4.78 is 1.10. The number of hydrogen-bond donors (Lipinski definition) is 1. The predicted octanol–water partition coefficient (Wildman–Crippen LogP) is 1.90. The van der Waals surface area contributed by atoms with Gasteiger partial charge >= 0.3 is 0 Å². The summed E-state index contributed by atoms with van der Waals surface area (Å²) in [4.78, 5) is 10.7. The first-order chi connectivity index (χ1) is 7.86. The van der Waals surface area contributed by atoms with E-state index in [9.17, 15) is 0 Å². The number of rotatable bonds is 5. The van der Waals surface area contributed by atoms with Gasteiger partial charge in [0, 0.05) is 13.1 Å². The van der Waals surface area contributed by atoms with Crippen molar-refractivity contribution in [2.24, 2.45) is 0 Å². The van der Waals surface area contributed by atoms with Crippen molar-refractivity contribution >= 4 is 27.4 Å². The van der Waals surface area contributed by atoms with Gasteiger partial charge < -0.3 is 10.0 Å². The highest BCUT2D eigenvalue weighted by Gasteiger charge is 2.11. The Morgan fingerprint density at radius 1 is 1.38 bits per heavy atom. The van der Waals surface area contributed by atoms with E-state index in [0.717, 1.165) is 29.0 Å². The van der Waals surface area contributed by atoms with Crippen LogP contribution in [0.4, 0.5) is 5.82 Å². The lowest BCUT2D eigenvalue weighted by Gasteiger charge is -2.22. The third-order valence-electron chi connectivity index (χ3n) is 2.39. The van der Waals surface area contributed by atoms with Gasteiger partial charge in [-0.15, -0.1) is 11.3 Å². The molecule has 0 unspecified atom stereocenters. The van der Waals surface area contributed by atoms with Crippen LogP contribution >= 0.6 is 11.3 Å². The third-order valence-corrected chi connectivity index (χ3v) is 3.29. The van der Waals surface area contributed by atoms with E-state index in [2.05, 4.69) is 21.8 Å². The highest BCUT2D eigenvalue weighted by atomic mass is 32.1. The Balaban J connectivity index is 2.38. The van der Waals surface area contributed by atoms with Gasteiger partial charge in [-0.25, -0.2) is 9.97 Å². The molecule has 2 rings (SSSR count). The molecule has 0 spiro atoms. The lowest BCUT2D eigenvalue weighted by molar-refractivity contribution is 0.301. The second kappa shape index (κ2) is 5.23. The summed E-state index contributed by atoms with van der Waals surface area (Å²) in [7, 11) is 0. The fourth-order valence-electron chi connectivity index (χ4n) is 1.72. The molecule has 0 radical (unpaired) electrons. The van der Waals surface area contributed by atoms with Crippen LogP contribution in [0.5, 0.6) is 0 Å². The van der Waals surface area contributed by atoms with E-state index in [1.54, 1.807) is 17.7 Å². The molecule has 0 saturated carbocycles. The molecule has 0 atom stereocenters. The quantitative estimate of drug-likeness (QED) is 0.863. The molecule has 0 aromatic carbocycles. The van der Waals surface area contributed by atoms with Gasteiger partial charge in [0.15, 0.2) is 0 Å². The Morgan fingerprint density at radius 2 is 2.25 bits per heavy atom. The van der Waals surface area contributed by atoms with Crippen LogP contribution in [0.3, 0.4) is 0 Å². The normalized spacial score (nSPS) is 10.9. The Labute approximate surface area is 98.6 Å². The minimum Gasteiger partial charge on any atom is -0.395 e. The summed E-state index contributed by atoms with van der Waals surface area (Å²) in [5.41, 5.74) is 0.981. The number of hydrogen-bond acceptors (Lipinski definition) is 5. The van der Waals surface area contributed by atoms with Gasteiger partial charge in [0.1, 0.15) is 12.1 Å². The summed E-state index contributed by atoms with van der Waals surface area (Å²) in [6.07, 6.45) is 2.63. The average molecular weight is 237 g/mol. The Bertz CT molecular complexity index is 451. The van der Waals surface area contributed by atoms with Crippen molar-refractivity contribution in [2.45, 2.75) is 13.3 Å². The van der Waals surface area contributed by atoms with Crippen LogP contribution in [-0.2, 0) is 0 Å². The summed E-state index contributed by atoms with van der Waals surface area (Å²) in [5.74, 6) is 0.941. The Morgan fingerprint density at radius 3 is 3.00 bits per heavy atom. The molecule has 0 fully saturated rings. The summed E-state index contributed by atoms with van der Waals surface area (Å²) in [6, 6.07) is 1.99. The minimum atomic E-state index is 0.150. The van der Waals surface area contributed by atoms with Crippen molar-refractivity contribution < 1.29 is 5.11 Å². The topological polar surface area (TPSA) is 49.2 Å². The van der Waals surface area contributed by atoms with Gasteiger partial charge in [-0.2, -0.15) is 0 Å². The van der Waals surface area contributed by atoms with E-state index >= 15 is 0 Å². The zero-order valence-electron chi connectivity index (χ0n) is 9.26. The standard InChI is InChI=1S/C11H15N3OS/c1-2-4-14(5-6-15)11-10-9(3-7-16-10)12-8-13-11/h3,7-8,15H,2,4-6H2,1H3. The number of aliphatic hydroxyl groups excluding tert-OH is 1. The lowest BCUT2D eigenvalue weighted by atomic mass is 10.3. The average Bonchev–Trinajstić information content (AvgIpc) is 2.76. The Kier molecular flexibility index (Phi) is 3.69. The summed E-state index contributed by atoms with van der Waals surface area (Å²) in [6.45, 7) is 3.80. The maximum Gasteiger partial charge on any atom is 0.150 e. The zero-order valence-corrected chi connectivity index (χ0v) is 10.1. The number of nitrogens with zero attached hydrogens (tertiary/aromatic N) is 3. The zero-order chi connectivity index (χ0) is 11.4. The van der Waals surface area contributed by atoms with Crippen LogP contribution in [0.1, 0.15) is 13.3 Å². The summed E-state index contributed by atoms with van der Waals surface area (Å²) >= 11 is 1.65. The fraction of sp³-hybridized carbons (Fsp3) is 0.455. The minimum absolute atomic E-state index is 0.150. The van der Waals surface area contributed by atoms with Gasteiger partial charge in [0.2, 0.25) is 0 Å². The van der Waals surface area contributed by atoms with E-state index in [-0.39, 0.29) is 6.61 Å². The van der Waals surface area contributed by atoms with Gasteiger partial charge in [-0.3, -0.25) is 0 Å². The molecule has 0 aliphatic rings. The van der Waals surface area contributed by atoms with Gasteiger partial charge in [0.05, 0.1) is 16.8 Å². The molecule has 0 aliphatic carbocycles. The smallest absolute Gasteiger partial charge is 0.150 e. The molecule has 0 amide bonds. The van der Waals surface area contributed by atoms with E-state index < -0.39 is 0 Å². The first-order valence-electron chi connectivity index (χ1n) is 5.40. The predicted molar refractivity (Wildman–Crippen MR) is 67.0 cm³/mol. The van der Waals surface area contributed by atoms with Crippen LogP contribution < -0.4 is 4.90 Å². The monoisotopic (exact) mass is 237 g/mol. The molecule has 1 N–H and O–H groups in total. The number of thiophene rings is 1. The lowest BCUT2D eigenvalue weighted by Crippen LogP contribution is -2.28. The summed E-state index contributed by atoms with van der Waals surface area (Å²) in [5, 5.41) is 11.1. The maximum atomic E-state index is 9.07. The van der Waals surface area contributed by atoms with Crippen LogP contribution in [0.25, 0.3) is 10.2 Å². The molecule has 5 heteroatoms. The molecular weight excluding hydrogens is 222 g/mol. The molecule has 2 aromatic heterocycles. The van der Waals surface area contributed by atoms with Gasteiger partial charge in [0.25, 0.3) is 0 Å². The first kappa shape index (κ1) is 11.3. The molecule has 0 aliphatic heterocycles. The van der Waals surface area contributed by atoms with E-state index in [1.807, 2.05) is 11.4 Å². The number of aliphatic hydroxyl groups is 1. The van der Waals surface area contributed by atoms with Crippen LogP contribution in [0.2, 0.25) is 0 Å². The van der Waals surface area contributed by atoms with Gasteiger partial charge in [-0.05, 0) is 17.9 Å². The maximum absolute atomic E-state index is 9.07. The molecule has 86 valence electrons. The molecule has 0 saturated heterocycles. The van der Waals surface area contributed by atoms with Crippen molar-refractivity contribution in [2.75, 3.05) is 24.6 Å². The molecule has 2 aromatic rings. The van der Waals surface area contributed by atoms with Crippen molar-refractivity contribution in [3.63, 3.8) is 0 Å². The number of fused-ring (bicyclic) bond motifs is 1. The fourth-order valence-corrected chi connectivity index (χ4v) is 2.58. The largest absolute Gasteiger partial charge is 0.395 e. The third kappa shape index (κ3) is 2.15. The first-order valence-corrected chi connectivity index (χ1v) is 6.28. The molecular formula is C11H15N3OS.